The molecule has 0 aliphatic carbocycles. The predicted molar refractivity (Wildman–Crippen MR) is 103 cm³/mol. The van der Waals surface area contributed by atoms with Crippen molar-refractivity contribution in [3.8, 4) is 5.75 Å². The van der Waals surface area contributed by atoms with Crippen LogP contribution in [-0.2, 0) is 5.54 Å². The molecule has 5 nitrogen and oxygen atoms in total. The highest BCUT2D eigenvalue weighted by Gasteiger charge is 2.28. The molecular formula is C21H29N3O2. The number of amides is 1. The Morgan fingerprint density at radius 3 is 2.65 bits per heavy atom. The number of para-hydroxylation sites is 1. The van der Waals surface area contributed by atoms with E-state index in [-0.39, 0.29) is 11.4 Å². The summed E-state index contributed by atoms with van der Waals surface area (Å²) in [4.78, 5) is 14.8. The molecule has 3 rings (SSSR count). The highest BCUT2D eigenvalue weighted by atomic mass is 16.5. The van der Waals surface area contributed by atoms with Crippen LogP contribution in [0.5, 0.6) is 5.75 Å². The van der Waals surface area contributed by atoms with Crippen LogP contribution >= 0.6 is 0 Å². The number of ether oxygens (including phenoxy) is 1. The first-order valence-corrected chi connectivity index (χ1v) is 9.39. The van der Waals surface area contributed by atoms with Gasteiger partial charge in [0.25, 0.3) is 5.91 Å². The van der Waals surface area contributed by atoms with E-state index in [4.69, 9.17) is 4.74 Å². The summed E-state index contributed by atoms with van der Waals surface area (Å²) in [7, 11) is 0. The first kappa shape index (κ1) is 18.5. The zero-order valence-corrected chi connectivity index (χ0v) is 16.2. The van der Waals surface area contributed by atoms with E-state index in [1.807, 2.05) is 52.9 Å². The first-order valence-electron chi connectivity index (χ1n) is 9.39. The van der Waals surface area contributed by atoms with Crippen molar-refractivity contribution < 1.29 is 9.53 Å². The van der Waals surface area contributed by atoms with Crippen molar-refractivity contribution in [2.75, 3.05) is 19.7 Å². The molecule has 1 saturated heterocycles. The number of carbonyl (C=O) groups excluding carboxylic acids is 1. The minimum atomic E-state index is -0.128. The van der Waals surface area contributed by atoms with E-state index in [9.17, 15) is 4.79 Å². The van der Waals surface area contributed by atoms with E-state index in [2.05, 4.69) is 25.9 Å². The molecule has 5 heteroatoms. The van der Waals surface area contributed by atoms with Crippen molar-refractivity contribution in [1.29, 1.82) is 0 Å². The smallest absolute Gasteiger partial charge is 0.274 e. The van der Waals surface area contributed by atoms with Crippen LogP contribution in [-0.4, -0.2) is 40.3 Å². The molecular weight excluding hydrogens is 326 g/mol. The molecule has 0 bridgehead atoms. The van der Waals surface area contributed by atoms with Gasteiger partial charge in [0.1, 0.15) is 5.75 Å². The second kappa shape index (κ2) is 7.52. The normalized spacial score (nSPS) is 18.0. The summed E-state index contributed by atoms with van der Waals surface area (Å²) < 4.78 is 7.82. The molecule has 1 fully saturated rings. The molecule has 1 amide bonds. The molecule has 2 aromatic rings. The maximum absolute atomic E-state index is 12.9. The van der Waals surface area contributed by atoms with Gasteiger partial charge in [0, 0.05) is 24.7 Å². The average Bonchev–Trinajstić information content (AvgIpc) is 3.02. The zero-order valence-electron chi connectivity index (χ0n) is 16.2. The predicted octanol–water partition coefficient (Wildman–Crippen LogP) is 3.88. The Morgan fingerprint density at radius 1 is 1.27 bits per heavy atom. The van der Waals surface area contributed by atoms with Crippen LogP contribution in [0.25, 0.3) is 0 Å². The number of piperidine rings is 1. The number of nitrogens with zero attached hydrogens (tertiary/aromatic N) is 3. The van der Waals surface area contributed by atoms with Crippen molar-refractivity contribution in [2.45, 2.75) is 46.1 Å². The number of benzene rings is 1. The van der Waals surface area contributed by atoms with Gasteiger partial charge in [0.15, 0.2) is 5.69 Å². The fourth-order valence-corrected chi connectivity index (χ4v) is 3.54. The van der Waals surface area contributed by atoms with Gasteiger partial charge in [-0.2, -0.15) is 5.10 Å². The monoisotopic (exact) mass is 355 g/mol. The molecule has 1 aliphatic heterocycles. The Hall–Kier alpha value is -2.30. The number of likely N-dealkylation sites (tertiary alicyclic amines) is 1. The van der Waals surface area contributed by atoms with E-state index in [1.54, 1.807) is 0 Å². The molecule has 0 saturated carbocycles. The number of aryl methyl sites for hydroxylation is 1. The summed E-state index contributed by atoms with van der Waals surface area (Å²) in [6.07, 6.45) is 2.10. The molecule has 0 radical (unpaired) electrons. The van der Waals surface area contributed by atoms with Gasteiger partial charge in [-0.1, -0.05) is 18.2 Å². The minimum absolute atomic E-state index is 0.0283. The third kappa shape index (κ3) is 4.26. The topological polar surface area (TPSA) is 47.4 Å². The largest absolute Gasteiger partial charge is 0.493 e. The van der Waals surface area contributed by atoms with Gasteiger partial charge < -0.3 is 9.64 Å². The van der Waals surface area contributed by atoms with E-state index in [0.29, 0.717) is 18.2 Å². The quantitative estimate of drug-likeness (QED) is 0.836. The lowest BCUT2D eigenvalue weighted by atomic mass is 9.98. The lowest BCUT2D eigenvalue weighted by Gasteiger charge is -2.32. The maximum Gasteiger partial charge on any atom is 0.274 e. The van der Waals surface area contributed by atoms with Gasteiger partial charge in [-0.05, 0) is 58.7 Å². The van der Waals surface area contributed by atoms with Crippen molar-refractivity contribution in [2.24, 2.45) is 5.92 Å². The van der Waals surface area contributed by atoms with Crippen molar-refractivity contribution in [3.63, 3.8) is 0 Å². The van der Waals surface area contributed by atoms with Crippen molar-refractivity contribution in [1.82, 2.24) is 14.7 Å². The van der Waals surface area contributed by atoms with Crippen LogP contribution in [0.15, 0.2) is 36.4 Å². The number of aromatic nitrogens is 2. The van der Waals surface area contributed by atoms with Crippen molar-refractivity contribution >= 4 is 5.91 Å². The molecule has 1 aromatic carbocycles. The van der Waals surface area contributed by atoms with E-state index >= 15 is 0 Å². The highest BCUT2D eigenvalue weighted by molar-refractivity contribution is 5.92. The SMILES string of the molecule is Cc1cc(C(=O)N2CCCC(COc3ccccc3)C2)nn1C(C)(C)C. The van der Waals surface area contributed by atoms with Gasteiger partial charge in [0.05, 0.1) is 12.1 Å². The summed E-state index contributed by atoms with van der Waals surface area (Å²) in [5.74, 6) is 1.27. The van der Waals surface area contributed by atoms with Crippen LogP contribution in [0.1, 0.15) is 49.8 Å². The third-order valence-corrected chi connectivity index (χ3v) is 4.78. The summed E-state index contributed by atoms with van der Waals surface area (Å²) in [6, 6.07) is 11.8. The van der Waals surface area contributed by atoms with Gasteiger partial charge in [-0.3, -0.25) is 9.48 Å². The Balaban J connectivity index is 1.63. The van der Waals surface area contributed by atoms with Crippen molar-refractivity contribution in [3.05, 3.63) is 47.8 Å². The fourth-order valence-electron chi connectivity index (χ4n) is 3.54. The summed E-state index contributed by atoms with van der Waals surface area (Å²) in [6.45, 7) is 10.5. The molecule has 1 atom stereocenters. The van der Waals surface area contributed by atoms with Crippen LogP contribution in [0.3, 0.4) is 0 Å². The fraction of sp³-hybridized carbons (Fsp3) is 0.524. The van der Waals surface area contributed by atoms with E-state index in [0.717, 1.165) is 37.4 Å². The molecule has 1 aliphatic rings. The lowest BCUT2D eigenvalue weighted by molar-refractivity contribution is 0.0626. The molecule has 0 spiro atoms. The van der Waals surface area contributed by atoms with Crippen LogP contribution in [0.4, 0.5) is 0 Å². The number of rotatable bonds is 4. The van der Waals surface area contributed by atoms with Crippen LogP contribution in [0.2, 0.25) is 0 Å². The summed E-state index contributed by atoms with van der Waals surface area (Å²) in [5.41, 5.74) is 1.43. The molecule has 140 valence electrons. The third-order valence-electron chi connectivity index (χ3n) is 4.78. The van der Waals surface area contributed by atoms with Crippen LogP contribution in [0, 0.1) is 12.8 Å². The van der Waals surface area contributed by atoms with Gasteiger partial charge in [0.2, 0.25) is 0 Å². The number of hydrogen-bond donors (Lipinski definition) is 0. The van der Waals surface area contributed by atoms with E-state index in [1.165, 1.54) is 0 Å². The molecule has 1 unspecified atom stereocenters. The Labute approximate surface area is 156 Å². The molecule has 1 aromatic heterocycles. The molecule has 0 N–H and O–H groups in total. The zero-order chi connectivity index (χ0) is 18.7. The minimum Gasteiger partial charge on any atom is -0.493 e. The number of hydrogen-bond acceptors (Lipinski definition) is 3. The Kier molecular flexibility index (Phi) is 5.35. The second-order valence-corrected chi connectivity index (χ2v) is 8.14. The lowest BCUT2D eigenvalue weighted by Crippen LogP contribution is -2.41. The average molecular weight is 355 g/mol. The summed E-state index contributed by atoms with van der Waals surface area (Å²) in [5, 5.41) is 4.57. The molecule has 2 heterocycles. The number of carbonyl (C=O) groups is 1. The molecule has 26 heavy (non-hydrogen) atoms. The maximum atomic E-state index is 12.9. The van der Waals surface area contributed by atoms with Crippen LogP contribution < -0.4 is 4.74 Å². The van der Waals surface area contributed by atoms with E-state index < -0.39 is 0 Å². The first-order chi connectivity index (χ1) is 12.3. The van der Waals surface area contributed by atoms with Gasteiger partial charge in [-0.25, -0.2) is 0 Å². The standard InChI is InChI=1S/C21H29N3O2/c1-16-13-19(22-24(16)21(2,3)4)20(25)23-12-8-9-17(14-23)15-26-18-10-6-5-7-11-18/h5-7,10-11,13,17H,8-9,12,14-15H2,1-4H3. The highest BCUT2D eigenvalue weighted by Crippen LogP contribution is 2.22. The second-order valence-electron chi connectivity index (χ2n) is 8.14. The Bertz CT molecular complexity index is 746. The van der Waals surface area contributed by atoms with Gasteiger partial charge in [-0.15, -0.1) is 0 Å². The Morgan fingerprint density at radius 2 is 2.00 bits per heavy atom. The summed E-state index contributed by atoms with van der Waals surface area (Å²) >= 11 is 0. The van der Waals surface area contributed by atoms with Gasteiger partial charge >= 0.3 is 0 Å².